The molecule has 0 aliphatic heterocycles. The van der Waals surface area contributed by atoms with Gasteiger partial charge in [0.1, 0.15) is 23.5 Å². The Bertz CT molecular complexity index is 617. The van der Waals surface area contributed by atoms with Crippen molar-refractivity contribution < 1.29 is 14.2 Å². The van der Waals surface area contributed by atoms with Crippen LogP contribution in [0.3, 0.4) is 0 Å². The van der Waals surface area contributed by atoms with Gasteiger partial charge in [-0.25, -0.2) is 9.97 Å². The van der Waals surface area contributed by atoms with Gasteiger partial charge in [0.2, 0.25) is 0 Å². The van der Waals surface area contributed by atoms with Crippen LogP contribution < -0.4 is 19.5 Å². The van der Waals surface area contributed by atoms with Gasteiger partial charge < -0.3 is 19.5 Å². The van der Waals surface area contributed by atoms with Crippen molar-refractivity contribution in [3.05, 3.63) is 24.5 Å². The fourth-order valence-corrected chi connectivity index (χ4v) is 2.05. The van der Waals surface area contributed by atoms with Gasteiger partial charge in [0.05, 0.1) is 21.3 Å². The highest BCUT2D eigenvalue weighted by molar-refractivity contribution is 5.77. The third kappa shape index (κ3) is 2.99. The van der Waals surface area contributed by atoms with Crippen LogP contribution in [-0.2, 0) is 0 Å². The predicted octanol–water partition coefficient (Wildman–Crippen LogP) is 2.60. The van der Waals surface area contributed by atoms with Crippen molar-refractivity contribution in [2.24, 2.45) is 0 Å². The molecule has 112 valence electrons. The second-order valence-corrected chi connectivity index (χ2v) is 4.20. The number of hydrogen-bond acceptors (Lipinski definition) is 6. The van der Waals surface area contributed by atoms with Crippen LogP contribution in [0.4, 0.5) is 5.82 Å². The van der Waals surface area contributed by atoms with Crippen LogP contribution in [0.2, 0.25) is 0 Å². The molecule has 0 saturated heterocycles. The van der Waals surface area contributed by atoms with E-state index in [0.717, 1.165) is 17.9 Å². The molecule has 0 aliphatic rings. The van der Waals surface area contributed by atoms with E-state index in [2.05, 4.69) is 15.3 Å². The molecule has 0 aliphatic carbocycles. The van der Waals surface area contributed by atoms with E-state index in [9.17, 15) is 0 Å². The second kappa shape index (κ2) is 6.78. The lowest BCUT2D eigenvalue weighted by molar-refractivity contribution is 0.394. The SMILES string of the molecule is CCNc1ncnc(-c2ccc(OC)cc2OC)c1OC. The Kier molecular flexibility index (Phi) is 4.81. The number of methoxy groups -OCH3 is 3. The van der Waals surface area contributed by atoms with Gasteiger partial charge in [-0.2, -0.15) is 0 Å². The molecule has 2 rings (SSSR count). The van der Waals surface area contributed by atoms with Crippen molar-refractivity contribution >= 4 is 5.82 Å². The van der Waals surface area contributed by atoms with Crippen LogP contribution in [0.5, 0.6) is 17.2 Å². The Morgan fingerprint density at radius 1 is 1.05 bits per heavy atom. The van der Waals surface area contributed by atoms with Crippen LogP contribution in [0.15, 0.2) is 24.5 Å². The van der Waals surface area contributed by atoms with Crippen molar-refractivity contribution in [1.29, 1.82) is 0 Å². The number of aromatic nitrogens is 2. The molecular formula is C15H19N3O3. The molecule has 0 atom stereocenters. The van der Waals surface area contributed by atoms with Gasteiger partial charge in [0, 0.05) is 18.2 Å². The molecule has 21 heavy (non-hydrogen) atoms. The first kappa shape index (κ1) is 14.9. The summed E-state index contributed by atoms with van der Waals surface area (Å²) in [6, 6.07) is 5.55. The standard InChI is InChI=1S/C15H19N3O3/c1-5-16-15-14(21-4)13(17-9-18-15)11-7-6-10(19-2)8-12(11)20-3/h6-9H,5H2,1-4H3,(H,16,17,18). The highest BCUT2D eigenvalue weighted by Gasteiger charge is 2.17. The number of nitrogens with zero attached hydrogens (tertiary/aromatic N) is 2. The summed E-state index contributed by atoms with van der Waals surface area (Å²) in [4.78, 5) is 8.53. The minimum absolute atomic E-state index is 0.586. The van der Waals surface area contributed by atoms with Gasteiger partial charge in [0.15, 0.2) is 11.6 Å². The van der Waals surface area contributed by atoms with Crippen molar-refractivity contribution in [2.75, 3.05) is 33.2 Å². The molecular weight excluding hydrogens is 270 g/mol. The molecule has 0 amide bonds. The summed E-state index contributed by atoms with van der Waals surface area (Å²) >= 11 is 0. The molecule has 0 spiro atoms. The van der Waals surface area contributed by atoms with E-state index in [1.54, 1.807) is 21.3 Å². The van der Waals surface area contributed by atoms with Crippen molar-refractivity contribution in [3.8, 4) is 28.5 Å². The van der Waals surface area contributed by atoms with E-state index < -0.39 is 0 Å². The molecule has 1 aromatic heterocycles. The van der Waals surface area contributed by atoms with Gasteiger partial charge in [-0.1, -0.05) is 0 Å². The van der Waals surface area contributed by atoms with Gasteiger partial charge in [-0.05, 0) is 19.1 Å². The summed E-state index contributed by atoms with van der Waals surface area (Å²) in [5.74, 6) is 2.62. The summed E-state index contributed by atoms with van der Waals surface area (Å²) in [6.45, 7) is 2.74. The second-order valence-electron chi connectivity index (χ2n) is 4.20. The Labute approximate surface area is 124 Å². The Hall–Kier alpha value is -2.50. The van der Waals surface area contributed by atoms with Crippen molar-refractivity contribution in [2.45, 2.75) is 6.92 Å². The molecule has 0 unspecified atom stereocenters. The van der Waals surface area contributed by atoms with Crippen LogP contribution in [-0.4, -0.2) is 37.8 Å². The zero-order valence-electron chi connectivity index (χ0n) is 12.6. The molecule has 1 heterocycles. The fraction of sp³-hybridized carbons (Fsp3) is 0.333. The predicted molar refractivity (Wildman–Crippen MR) is 81.3 cm³/mol. The lowest BCUT2D eigenvalue weighted by Gasteiger charge is -2.15. The maximum Gasteiger partial charge on any atom is 0.187 e. The Balaban J connectivity index is 2.58. The normalized spacial score (nSPS) is 10.1. The number of ether oxygens (including phenoxy) is 3. The first-order valence-electron chi connectivity index (χ1n) is 6.60. The third-order valence-electron chi connectivity index (χ3n) is 3.02. The number of hydrogen-bond donors (Lipinski definition) is 1. The molecule has 0 fully saturated rings. The summed E-state index contributed by atoms with van der Waals surface area (Å²) in [5, 5.41) is 3.16. The van der Waals surface area contributed by atoms with Crippen LogP contribution in [0, 0.1) is 0 Å². The van der Waals surface area contributed by atoms with E-state index in [0.29, 0.717) is 23.0 Å². The van der Waals surface area contributed by atoms with Crippen molar-refractivity contribution in [3.63, 3.8) is 0 Å². The summed E-state index contributed by atoms with van der Waals surface area (Å²) in [6.07, 6.45) is 1.50. The van der Waals surface area contributed by atoms with E-state index in [1.807, 2.05) is 25.1 Å². The molecule has 6 nitrogen and oxygen atoms in total. The molecule has 0 bridgehead atoms. The first-order chi connectivity index (χ1) is 10.2. The topological polar surface area (TPSA) is 65.5 Å². The van der Waals surface area contributed by atoms with E-state index >= 15 is 0 Å². The number of benzene rings is 1. The molecule has 1 N–H and O–H groups in total. The number of anilines is 1. The number of nitrogens with one attached hydrogen (secondary N) is 1. The zero-order chi connectivity index (χ0) is 15.2. The van der Waals surface area contributed by atoms with Crippen LogP contribution in [0.25, 0.3) is 11.3 Å². The smallest absolute Gasteiger partial charge is 0.187 e. The van der Waals surface area contributed by atoms with Gasteiger partial charge >= 0.3 is 0 Å². The molecule has 1 aromatic carbocycles. The lowest BCUT2D eigenvalue weighted by Crippen LogP contribution is -2.04. The first-order valence-corrected chi connectivity index (χ1v) is 6.60. The van der Waals surface area contributed by atoms with Crippen molar-refractivity contribution in [1.82, 2.24) is 9.97 Å². The minimum atomic E-state index is 0.586. The fourth-order valence-electron chi connectivity index (χ4n) is 2.05. The van der Waals surface area contributed by atoms with Gasteiger partial charge in [0.25, 0.3) is 0 Å². The number of rotatable bonds is 6. The van der Waals surface area contributed by atoms with E-state index in [1.165, 1.54) is 6.33 Å². The molecule has 0 radical (unpaired) electrons. The average Bonchev–Trinajstić information content (AvgIpc) is 2.54. The average molecular weight is 289 g/mol. The van der Waals surface area contributed by atoms with Crippen LogP contribution >= 0.6 is 0 Å². The zero-order valence-corrected chi connectivity index (χ0v) is 12.6. The maximum absolute atomic E-state index is 5.47. The lowest BCUT2D eigenvalue weighted by atomic mass is 10.1. The Morgan fingerprint density at radius 3 is 2.48 bits per heavy atom. The highest BCUT2D eigenvalue weighted by Crippen LogP contribution is 2.39. The largest absolute Gasteiger partial charge is 0.497 e. The van der Waals surface area contributed by atoms with Gasteiger partial charge in [-0.15, -0.1) is 0 Å². The summed E-state index contributed by atoms with van der Waals surface area (Å²) in [5.41, 5.74) is 1.49. The highest BCUT2D eigenvalue weighted by atomic mass is 16.5. The Morgan fingerprint density at radius 2 is 1.86 bits per heavy atom. The van der Waals surface area contributed by atoms with Crippen LogP contribution in [0.1, 0.15) is 6.92 Å². The molecule has 0 saturated carbocycles. The quantitative estimate of drug-likeness (QED) is 0.881. The summed E-state index contributed by atoms with van der Waals surface area (Å²) < 4.78 is 16.1. The van der Waals surface area contributed by atoms with E-state index in [-0.39, 0.29) is 0 Å². The van der Waals surface area contributed by atoms with E-state index in [4.69, 9.17) is 14.2 Å². The molecule has 2 aromatic rings. The molecule has 6 heteroatoms. The summed E-state index contributed by atoms with van der Waals surface area (Å²) in [7, 11) is 4.82. The van der Waals surface area contributed by atoms with Gasteiger partial charge in [-0.3, -0.25) is 0 Å². The minimum Gasteiger partial charge on any atom is -0.497 e. The maximum atomic E-state index is 5.47. The monoisotopic (exact) mass is 289 g/mol. The third-order valence-corrected chi connectivity index (χ3v) is 3.02.